The lowest BCUT2D eigenvalue weighted by molar-refractivity contribution is 0.414. The van der Waals surface area contributed by atoms with Gasteiger partial charge in [0.15, 0.2) is 0 Å². The Labute approximate surface area is 126 Å². The standard InChI is InChI=1S/C19H21NO/c1-21-19-9-5-8-16(14-19)17-10-11-20-18(13-17)12-15-6-3-2-4-7-15/h2-10,14,18,20H,11-13H2,1H3. The Bertz CT molecular complexity index is 618. The Morgan fingerprint density at radius 2 is 1.95 bits per heavy atom. The van der Waals surface area contributed by atoms with Crippen molar-refractivity contribution in [3.63, 3.8) is 0 Å². The maximum absolute atomic E-state index is 5.33. The minimum Gasteiger partial charge on any atom is -0.497 e. The molecule has 0 spiro atoms. The second kappa shape index (κ2) is 6.59. The van der Waals surface area contributed by atoms with E-state index in [1.165, 1.54) is 16.7 Å². The molecule has 0 radical (unpaired) electrons. The SMILES string of the molecule is COc1cccc(C2=CCNC(Cc3ccccc3)C2)c1. The van der Waals surface area contributed by atoms with Gasteiger partial charge in [-0.3, -0.25) is 0 Å². The van der Waals surface area contributed by atoms with E-state index in [0.29, 0.717) is 6.04 Å². The molecule has 21 heavy (non-hydrogen) atoms. The molecule has 0 saturated heterocycles. The first-order valence-corrected chi connectivity index (χ1v) is 7.46. The first-order chi connectivity index (χ1) is 10.3. The first kappa shape index (κ1) is 13.9. The molecule has 0 bridgehead atoms. The molecule has 1 atom stereocenters. The molecule has 1 heterocycles. The molecular weight excluding hydrogens is 258 g/mol. The molecule has 1 N–H and O–H groups in total. The summed E-state index contributed by atoms with van der Waals surface area (Å²) >= 11 is 0. The molecule has 1 unspecified atom stereocenters. The Morgan fingerprint density at radius 3 is 2.76 bits per heavy atom. The van der Waals surface area contributed by atoms with Crippen LogP contribution in [0.5, 0.6) is 5.75 Å². The highest BCUT2D eigenvalue weighted by atomic mass is 16.5. The van der Waals surface area contributed by atoms with Crippen molar-refractivity contribution in [2.24, 2.45) is 0 Å². The lowest BCUT2D eigenvalue weighted by Gasteiger charge is -2.25. The summed E-state index contributed by atoms with van der Waals surface area (Å²) in [5, 5.41) is 3.59. The zero-order valence-corrected chi connectivity index (χ0v) is 12.4. The smallest absolute Gasteiger partial charge is 0.119 e. The van der Waals surface area contributed by atoms with Crippen LogP contribution in [0.15, 0.2) is 60.7 Å². The summed E-state index contributed by atoms with van der Waals surface area (Å²) in [6, 6.07) is 19.5. The van der Waals surface area contributed by atoms with E-state index in [0.717, 1.165) is 25.1 Å². The molecule has 0 fully saturated rings. The molecule has 2 heteroatoms. The summed E-state index contributed by atoms with van der Waals surface area (Å²) in [6.07, 6.45) is 4.42. The summed E-state index contributed by atoms with van der Waals surface area (Å²) in [5.41, 5.74) is 4.07. The first-order valence-electron chi connectivity index (χ1n) is 7.46. The minimum absolute atomic E-state index is 0.499. The van der Waals surface area contributed by atoms with Gasteiger partial charge in [-0.05, 0) is 41.7 Å². The van der Waals surface area contributed by atoms with Crippen LogP contribution in [-0.4, -0.2) is 19.7 Å². The van der Waals surface area contributed by atoms with Crippen molar-refractivity contribution in [3.8, 4) is 5.75 Å². The third-order valence-corrected chi connectivity index (χ3v) is 3.99. The summed E-state index contributed by atoms with van der Waals surface area (Å²) in [7, 11) is 1.72. The summed E-state index contributed by atoms with van der Waals surface area (Å²) in [6.45, 7) is 0.935. The van der Waals surface area contributed by atoms with Crippen LogP contribution in [0.3, 0.4) is 0 Å². The normalized spacial score (nSPS) is 18.1. The van der Waals surface area contributed by atoms with Crippen LogP contribution in [0.4, 0.5) is 0 Å². The second-order valence-electron chi connectivity index (χ2n) is 5.46. The minimum atomic E-state index is 0.499. The molecule has 0 saturated carbocycles. The van der Waals surface area contributed by atoms with Gasteiger partial charge in [0.1, 0.15) is 5.75 Å². The quantitative estimate of drug-likeness (QED) is 0.921. The zero-order valence-electron chi connectivity index (χ0n) is 12.4. The monoisotopic (exact) mass is 279 g/mol. The van der Waals surface area contributed by atoms with Crippen molar-refractivity contribution in [3.05, 3.63) is 71.8 Å². The van der Waals surface area contributed by atoms with Gasteiger partial charge in [0.05, 0.1) is 7.11 Å². The van der Waals surface area contributed by atoms with Gasteiger partial charge in [0, 0.05) is 12.6 Å². The van der Waals surface area contributed by atoms with Gasteiger partial charge in [-0.2, -0.15) is 0 Å². The van der Waals surface area contributed by atoms with Crippen LogP contribution >= 0.6 is 0 Å². The summed E-state index contributed by atoms with van der Waals surface area (Å²) in [4.78, 5) is 0. The molecule has 0 aromatic heterocycles. The number of hydrogen-bond acceptors (Lipinski definition) is 2. The molecule has 0 aliphatic carbocycles. The molecule has 2 nitrogen and oxygen atoms in total. The fourth-order valence-corrected chi connectivity index (χ4v) is 2.87. The molecule has 1 aliphatic rings. The maximum Gasteiger partial charge on any atom is 0.119 e. The van der Waals surface area contributed by atoms with E-state index < -0.39 is 0 Å². The highest BCUT2D eigenvalue weighted by Crippen LogP contribution is 2.26. The lowest BCUT2D eigenvalue weighted by Crippen LogP contribution is -2.34. The van der Waals surface area contributed by atoms with Crippen molar-refractivity contribution in [1.29, 1.82) is 0 Å². The van der Waals surface area contributed by atoms with Gasteiger partial charge in [0.25, 0.3) is 0 Å². The fourth-order valence-electron chi connectivity index (χ4n) is 2.87. The predicted molar refractivity (Wildman–Crippen MR) is 87.5 cm³/mol. The number of rotatable bonds is 4. The Hall–Kier alpha value is -2.06. The molecule has 2 aromatic rings. The van der Waals surface area contributed by atoms with E-state index in [4.69, 9.17) is 4.74 Å². The molecule has 1 aliphatic heterocycles. The van der Waals surface area contributed by atoms with Gasteiger partial charge in [0.2, 0.25) is 0 Å². The fraction of sp³-hybridized carbons (Fsp3) is 0.263. The summed E-state index contributed by atoms with van der Waals surface area (Å²) in [5.74, 6) is 0.923. The van der Waals surface area contributed by atoms with Crippen molar-refractivity contribution in [2.45, 2.75) is 18.9 Å². The third kappa shape index (κ3) is 3.53. The Morgan fingerprint density at radius 1 is 1.10 bits per heavy atom. The van der Waals surface area contributed by atoms with Crippen molar-refractivity contribution < 1.29 is 4.74 Å². The van der Waals surface area contributed by atoms with Crippen molar-refractivity contribution >= 4 is 5.57 Å². The van der Waals surface area contributed by atoms with Crippen molar-refractivity contribution in [2.75, 3.05) is 13.7 Å². The van der Waals surface area contributed by atoms with Gasteiger partial charge >= 0.3 is 0 Å². The highest BCUT2D eigenvalue weighted by molar-refractivity contribution is 5.68. The predicted octanol–water partition coefficient (Wildman–Crippen LogP) is 3.68. The van der Waals surface area contributed by atoms with Gasteiger partial charge in [-0.1, -0.05) is 48.5 Å². The van der Waals surface area contributed by atoms with Gasteiger partial charge in [-0.15, -0.1) is 0 Å². The van der Waals surface area contributed by atoms with Crippen LogP contribution in [0, 0.1) is 0 Å². The number of hydrogen-bond donors (Lipinski definition) is 1. The average molecular weight is 279 g/mol. The van der Waals surface area contributed by atoms with E-state index in [-0.39, 0.29) is 0 Å². The van der Waals surface area contributed by atoms with Gasteiger partial charge in [-0.25, -0.2) is 0 Å². The van der Waals surface area contributed by atoms with Gasteiger partial charge < -0.3 is 10.1 Å². The lowest BCUT2D eigenvalue weighted by atomic mass is 9.92. The summed E-state index contributed by atoms with van der Waals surface area (Å²) < 4.78 is 5.33. The van der Waals surface area contributed by atoms with Crippen LogP contribution < -0.4 is 10.1 Å². The Balaban J connectivity index is 1.71. The molecular formula is C19H21NO. The van der Waals surface area contributed by atoms with Crippen LogP contribution in [-0.2, 0) is 6.42 Å². The largest absolute Gasteiger partial charge is 0.497 e. The topological polar surface area (TPSA) is 21.3 Å². The van der Waals surface area contributed by atoms with Crippen molar-refractivity contribution in [1.82, 2.24) is 5.32 Å². The maximum atomic E-state index is 5.33. The van der Waals surface area contributed by atoms with E-state index in [1.54, 1.807) is 7.11 Å². The third-order valence-electron chi connectivity index (χ3n) is 3.99. The molecule has 108 valence electrons. The number of benzene rings is 2. The second-order valence-corrected chi connectivity index (χ2v) is 5.46. The van der Waals surface area contributed by atoms with E-state index in [2.05, 4.69) is 59.9 Å². The number of nitrogens with one attached hydrogen (secondary N) is 1. The Kier molecular flexibility index (Phi) is 4.37. The number of ether oxygens (including phenoxy) is 1. The van der Waals surface area contributed by atoms with Crippen LogP contribution in [0.2, 0.25) is 0 Å². The number of methoxy groups -OCH3 is 1. The highest BCUT2D eigenvalue weighted by Gasteiger charge is 2.16. The van der Waals surface area contributed by atoms with Crippen LogP contribution in [0.25, 0.3) is 5.57 Å². The zero-order chi connectivity index (χ0) is 14.5. The molecule has 0 amide bonds. The average Bonchev–Trinajstić information content (AvgIpc) is 2.56. The van der Waals surface area contributed by atoms with E-state index in [9.17, 15) is 0 Å². The van der Waals surface area contributed by atoms with Crippen LogP contribution in [0.1, 0.15) is 17.5 Å². The van der Waals surface area contributed by atoms with E-state index >= 15 is 0 Å². The molecule has 2 aromatic carbocycles. The van der Waals surface area contributed by atoms with E-state index in [1.807, 2.05) is 6.07 Å². The molecule has 3 rings (SSSR count).